The predicted molar refractivity (Wildman–Crippen MR) is 117 cm³/mol. The molecule has 1 fully saturated rings. The minimum absolute atomic E-state index is 0.221. The van der Waals surface area contributed by atoms with Gasteiger partial charge < -0.3 is 9.64 Å². The summed E-state index contributed by atoms with van der Waals surface area (Å²) in [5, 5.41) is 0. The summed E-state index contributed by atoms with van der Waals surface area (Å²) in [6.07, 6.45) is 2.17. The number of benzene rings is 2. The molecule has 0 aliphatic carbocycles. The fourth-order valence-electron chi connectivity index (χ4n) is 4.53. The third kappa shape index (κ3) is 3.86. The average molecular weight is 405 g/mol. The number of anilines is 1. The molecule has 0 radical (unpaired) electrons. The van der Waals surface area contributed by atoms with Gasteiger partial charge in [0, 0.05) is 12.2 Å². The predicted octanol–water partition coefficient (Wildman–Crippen LogP) is 4.91. The summed E-state index contributed by atoms with van der Waals surface area (Å²) in [6, 6.07) is 17.7. The lowest BCUT2D eigenvalue weighted by molar-refractivity contribution is 0.0278. The van der Waals surface area contributed by atoms with Crippen LogP contribution in [0.1, 0.15) is 50.8 Å². The van der Waals surface area contributed by atoms with Crippen molar-refractivity contribution in [3.05, 3.63) is 71.4 Å². The van der Waals surface area contributed by atoms with E-state index in [4.69, 9.17) is 4.74 Å². The van der Waals surface area contributed by atoms with E-state index in [1.807, 2.05) is 63.2 Å². The first-order chi connectivity index (χ1) is 14.4. The van der Waals surface area contributed by atoms with Crippen molar-refractivity contribution in [3.63, 3.8) is 0 Å². The number of amides is 1. The molecular weight excluding hydrogens is 376 g/mol. The highest BCUT2D eigenvalue weighted by Crippen LogP contribution is 2.43. The molecular formula is C25H28N2O3. The molecule has 156 valence electrons. The Labute approximate surface area is 177 Å². The summed E-state index contributed by atoms with van der Waals surface area (Å²) >= 11 is 0. The molecule has 1 saturated heterocycles. The summed E-state index contributed by atoms with van der Waals surface area (Å²) < 4.78 is 5.68. The van der Waals surface area contributed by atoms with Gasteiger partial charge in [0.05, 0.1) is 12.1 Å². The Morgan fingerprint density at radius 1 is 1.03 bits per heavy atom. The SMILES string of the molecule is CC(C)(C)OC(=O)N1C(=C=O)C(N2CCCc3ccccc32)CC1c1ccccc1. The number of aryl methyl sites for hydroxylation is 1. The topological polar surface area (TPSA) is 49.9 Å². The fraction of sp³-hybridized carbons (Fsp3) is 0.400. The van der Waals surface area contributed by atoms with Gasteiger partial charge in [-0.1, -0.05) is 48.5 Å². The van der Waals surface area contributed by atoms with Crippen LogP contribution in [0.2, 0.25) is 0 Å². The summed E-state index contributed by atoms with van der Waals surface area (Å²) in [4.78, 5) is 29.2. The Morgan fingerprint density at radius 2 is 1.73 bits per heavy atom. The molecule has 2 unspecified atom stereocenters. The van der Waals surface area contributed by atoms with Crippen molar-refractivity contribution >= 4 is 17.7 Å². The summed E-state index contributed by atoms with van der Waals surface area (Å²) in [6.45, 7) is 6.35. The van der Waals surface area contributed by atoms with Crippen LogP contribution in [0.4, 0.5) is 10.5 Å². The number of carbonyl (C=O) groups is 1. The molecule has 2 aliphatic heterocycles. The van der Waals surface area contributed by atoms with Crippen LogP contribution in [0, 0.1) is 0 Å². The van der Waals surface area contributed by atoms with E-state index in [2.05, 4.69) is 23.0 Å². The third-order valence-corrected chi connectivity index (χ3v) is 5.73. The van der Waals surface area contributed by atoms with Crippen molar-refractivity contribution in [2.45, 2.75) is 57.7 Å². The largest absolute Gasteiger partial charge is 0.443 e. The molecule has 0 aromatic heterocycles. The van der Waals surface area contributed by atoms with E-state index in [0.717, 1.165) is 30.6 Å². The Balaban J connectivity index is 1.75. The van der Waals surface area contributed by atoms with E-state index < -0.39 is 11.7 Å². The average Bonchev–Trinajstić information content (AvgIpc) is 3.12. The van der Waals surface area contributed by atoms with Gasteiger partial charge in [-0.05, 0) is 57.2 Å². The second-order valence-corrected chi connectivity index (χ2v) is 8.94. The smallest absolute Gasteiger partial charge is 0.415 e. The van der Waals surface area contributed by atoms with Crippen LogP contribution < -0.4 is 4.90 Å². The van der Waals surface area contributed by atoms with Crippen molar-refractivity contribution in [2.24, 2.45) is 0 Å². The van der Waals surface area contributed by atoms with Crippen LogP contribution >= 0.6 is 0 Å². The number of carbonyl (C=O) groups excluding carboxylic acids is 2. The van der Waals surface area contributed by atoms with E-state index in [0.29, 0.717) is 12.1 Å². The minimum atomic E-state index is -0.651. The molecule has 1 amide bonds. The second kappa shape index (κ2) is 8.00. The molecule has 2 heterocycles. The molecule has 2 aromatic carbocycles. The highest BCUT2D eigenvalue weighted by atomic mass is 16.6. The number of hydrogen-bond donors (Lipinski definition) is 0. The van der Waals surface area contributed by atoms with Crippen molar-refractivity contribution < 1.29 is 14.3 Å². The maximum Gasteiger partial charge on any atom is 0.415 e. The first-order valence-electron chi connectivity index (χ1n) is 10.6. The maximum atomic E-state index is 13.2. The fourth-order valence-corrected chi connectivity index (χ4v) is 4.53. The Morgan fingerprint density at radius 3 is 2.43 bits per heavy atom. The van der Waals surface area contributed by atoms with Crippen LogP contribution in [0.3, 0.4) is 0 Å². The number of likely N-dealkylation sites (tertiary alicyclic amines) is 1. The minimum Gasteiger partial charge on any atom is -0.443 e. The summed E-state index contributed by atoms with van der Waals surface area (Å²) in [7, 11) is 0. The van der Waals surface area contributed by atoms with Gasteiger partial charge in [-0.3, -0.25) is 4.90 Å². The molecule has 0 saturated carbocycles. The van der Waals surface area contributed by atoms with Gasteiger partial charge in [0.2, 0.25) is 0 Å². The van der Waals surface area contributed by atoms with Crippen LogP contribution in [0.15, 0.2) is 60.3 Å². The van der Waals surface area contributed by atoms with Crippen LogP contribution in [0.5, 0.6) is 0 Å². The molecule has 2 aliphatic rings. The molecule has 0 spiro atoms. The normalized spacial score (nSPS) is 21.2. The lowest BCUT2D eigenvalue weighted by atomic mass is 9.97. The standard InChI is InChI=1S/C25H28N2O3/c1-25(2,3)30-24(29)27-21(19-10-5-4-6-11-19)16-22(23(27)17-28)26-15-9-13-18-12-7-8-14-20(18)26/h4-8,10-12,14,21-22H,9,13,15-16H2,1-3H3. The highest BCUT2D eigenvalue weighted by Gasteiger charge is 2.46. The lowest BCUT2D eigenvalue weighted by Gasteiger charge is -2.36. The lowest BCUT2D eigenvalue weighted by Crippen LogP contribution is -2.41. The van der Waals surface area contributed by atoms with Gasteiger partial charge in [-0.25, -0.2) is 9.59 Å². The number of rotatable bonds is 2. The van der Waals surface area contributed by atoms with Crippen LogP contribution in [-0.4, -0.2) is 35.1 Å². The zero-order chi connectivity index (χ0) is 21.3. The number of fused-ring (bicyclic) bond motifs is 1. The van der Waals surface area contributed by atoms with Gasteiger partial charge in [-0.15, -0.1) is 0 Å². The van der Waals surface area contributed by atoms with Crippen molar-refractivity contribution in [1.82, 2.24) is 4.90 Å². The van der Waals surface area contributed by atoms with Crippen molar-refractivity contribution in [1.29, 1.82) is 0 Å². The molecule has 2 aromatic rings. The molecule has 5 heteroatoms. The maximum absolute atomic E-state index is 13.2. The zero-order valence-corrected chi connectivity index (χ0v) is 17.8. The van der Waals surface area contributed by atoms with E-state index in [1.165, 1.54) is 10.5 Å². The third-order valence-electron chi connectivity index (χ3n) is 5.73. The highest BCUT2D eigenvalue weighted by molar-refractivity contribution is 5.78. The quantitative estimate of drug-likeness (QED) is 0.668. The number of para-hydroxylation sites is 1. The van der Waals surface area contributed by atoms with Gasteiger partial charge in [0.25, 0.3) is 0 Å². The molecule has 2 atom stereocenters. The molecule has 30 heavy (non-hydrogen) atoms. The molecule has 5 nitrogen and oxygen atoms in total. The van der Waals surface area contributed by atoms with Gasteiger partial charge in [0.15, 0.2) is 0 Å². The first kappa shape index (κ1) is 20.2. The van der Waals surface area contributed by atoms with Gasteiger partial charge in [0.1, 0.15) is 17.2 Å². The number of ether oxygens (including phenoxy) is 1. The van der Waals surface area contributed by atoms with Gasteiger partial charge >= 0.3 is 6.09 Å². The van der Waals surface area contributed by atoms with Crippen LogP contribution in [0.25, 0.3) is 0 Å². The van der Waals surface area contributed by atoms with Crippen LogP contribution in [-0.2, 0) is 16.0 Å². The number of nitrogens with zero attached hydrogens (tertiary/aromatic N) is 2. The summed E-state index contributed by atoms with van der Waals surface area (Å²) in [5.74, 6) is 2.11. The monoisotopic (exact) mass is 404 g/mol. The van der Waals surface area contributed by atoms with Crippen molar-refractivity contribution in [2.75, 3.05) is 11.4 Å². The summed E-state index contributed by atoms with van der Waals surface area (Å²) in [5.41, 5.74) is 3.11. The molecule has 0 bridgehead atoms. The number of hydrogen-bond acceptors (Lipinski definition) is 4. The first-order valence-corrected chi connectivity index (χ1v) is 10.6. The van der Waals surface area contributed by atoms with E-state index in [1.54, 1.807) is 0 Å². The van der Waals surface area contributed by atoms with Crippen molar-refractivity contribution in [3.8, 4) is 0 Å². The zero-order valence-electron chi connectivity index (χ0n) is 17.8. The second-order valence-electron chi connectivity index (χ2n) is 8.94. The Bertz CT molecular complexity index is 973. The van der Waals surface area contributed by atoms with E-state index in [-0.39, 0.29) is 12.1 Å². The van der Waals surface area contributed by atoms with Gasteiger partial charge in [-0.2, -0.15) is 0 Å². The van der Waals surface area contributed by atoms with E-state index in [9.17, 15) is 9.59 Å². The molecule has 4 rings (SSSR count). The van der Waals surface area contributed by atoms with E-state index >= 15 is 0 Å². The Hall–Kier alpha value is -3.04. The molecule has 0 N–H and O–H groups in total. The Kier molecular flexibility index (Phi) is 5.40.